The molecule has 2 N–H and O–H groups in total. The molecule has 3 rings (SSSR count). The van der Waals surface area contributed by atoms with Gasteiger partial charge in [0.2, 0.25) is 10.0 Å². The monoisotopic (exact) mass is 428 g/mol. The predicted octanol–water partition coefficient (Wildman–Crippen LogP) is 2.15. The molecular formula is C19H29FN4O4S. The predicted molar refractivity (Wildman–Crippen MR) is 107 cm³/mol. The Kier molecular flexibility index (Phi) is 6.94. The van der Waals surface area contributed by atoms with Crippen LogP contribution in [0.5, 0.6) is 0 Å². The van der Waals surface area contributed by atoms with E-state index in [9.17, 15) is 17.6 Å². The van der Waals surface area contributed by atoms with Crippen LogP contribution < -0.4 is 5.73 Å². The van der Waals surface area contributed by atoms with E-state index in [0.29, 0.717) is 31.4 Å². The number of pyridine rings is 1. The molecule has 10 heteroatoms. The lowest BCUT2D eigenvalue weighted by molar-refractivity contribution is 0.0437. The molecule has 2 bridgehead atoms. The summed E-state index contributed by atoms with van der Waals surface area (Å²) in [6, 6.07) is -0.638. The first-order valence-corrected chi connectivity index (χ1v) is 11.7. The number of ether oxygens (including phenoxy) is 1. The molecule has 3 heterocycles. The minimum atomic E-state index is -3.42. The van der Waals surface area contributed by atoms with Gasteiger partial charge in [0.25, 0.3) is 0 Å². The van der Waals surface area contributed by atoms with Gasteiger partial charge in [-0.05, 0) is 32.1 Å². The number of sulfonamides is 1. The molecule has 0 aromatic carbocycles. The summed E-state index contributed by atoms with van der Waals surface area (Å²) < 4.78 is 46.5. The molecular weight excluding hydrogens is 399 g/mol. The second-order valence-corrected chi connectivity index (χ2v) is 9.72. The summed E-state index contributed by atoms with van der Waals surface area (Å²) in [7, 11) is -3.42. The van der Waals surface area contributed by atoms with E-state index >= 15 is 0 Å². The fourth-order valence-corrected chi connectivity index (χ4v) is 5.82. The number of nitrogen functional groups attached to an aromatic ring is 1. The van der Waals surface area contributed by atoms with Gasteiger partial charge < -0.3 is 15.4 Å². The summed E-state index contributed by atoms with van der Waals surface area (Å²) in [5.74, 6) is -0.446. The van der Waals surface area contributed by atoms with E-state index in [0.717, 1.165) is 19.0 Å². The van der Waals surface area contributed by atoms with Crippen LogP contribution in [0.2, 0.25) is 0 Å². The standard InChI is InChI=1S/C19H29FN4O4S/c1-2-3-8-28-19(25)23-12-15(6-7-16-17(20)10-22-11-18(16)21)24-13-14(23)5-4-9-29(24,26)27/h10-11,14-15H,2-9,12-13,21H2,1H3. The second-order valence-electron chi connectivity index (χ2n) is 7.68. The molecule has 3 unspecified atom stereocenters. The summed E-state index contributed by atoms with van der Waals surface area (Å²) in [4.78, 5) is 18.0. The Morgan fingerprint density at radius 3 is 2.90 bits per heavy atom. The van der Waals surface area contributed by atoms with E-state index < -0.39 is 28.0 Å². The van der Waals surface area contributed by atoms with Crippen LogP contribution in [-0.2, 0) is 21.2 Å². The molecule has 29 heavy (non-hydrogen) atoms. The van der Waals surface area contributed by atoms with E-state index in [1.165, 1.54) is 10.5 Å². The molecule has 2 aliphatic rings. The van der Waals surface area contributed by atoms with Crippen LogP contribution in [0.25, 0.3) is 0 Å². The second kappa shape index (κ2) is 9.25. The van der Waals surface area contributed by atoms with Crippen LogP contribution in [0.4, 0.5) is 14.9 Å². The van der Waals surface area contributed by atoms with Crippen molar-refractivity contribution in [2.75, 3.05) is 31.2 Å². The third-order valence-electron chi connectivity index (χ3n) is 5.67. The Balaban J connectivity index is 1.78. The first kappa shape index (κ1) is 21.8. The molecule has 2 aliphatic heterocycles. The summed E-state index contributed by atoms with van der Waals surface area (Å²) >= 11 is 0. The van der Waals surface area contributed by atoms with Crippen LogP contribution in [0.15, 0.2) is 12.4 Å². The Labute approximate surface area is 171 Å². The van der Waals surface area contributed by atoms with E-state index in [-0.39, 0.29) is 37.0 Å². The minimum absolute atomic E-state index is 0.0600. The quantitative estimate of drug-likeness (QED) is 0.696. The number of carbonyl (C=O) groups excluding carboxylic acids is 1. The molecule has 1 aromatic heterocycles. The van der Waals surface area contributed by atoms with Crippen molar-refractivity contribution in [3.63, 3.8) is 0 Å². The van der Waals surface area contributed by atoms with E-state index in [2.05, 4.69) is 4.98 Å². The first-order valence-electron chi connectivity index (χ1n) is 10.1. The van der Waals surface area contributed by atoms with Crippen molar-refractivity contribution in [2.24, 2.45) is 0 Å². The number of amides is 1. The number of hydrogen-bond acceptors (Lipinski definition) is 6. The van der Waals surface area contributed by atoms with Crippen molar-refractivity contribution in [3.05, 3.63) is 23.8 Å². The average molecular weight is 429 g/mol. The maximum absolute atomic E-state index is 14.1. The van der Waals surface area contributed by atoms with Gasteiger partial charge in [-0.2, -0.15) is 4.31 Å². The highest BCUT2D eigenvalue weighted by Crippen LogP contribution is 2.29. The van der Waals surface area contributed by atoms with Gasteiger partial charge >= 0.3 is 6.09 Å². The lowest BCUT2D eigenvalue weighted by Crippen LogP contribution is -2.60. The van der Waals surface area contributed by atoms with Gasteiger partial charge in [0.15, 0.2) is 0 Å². The highest BCUT2D eigenvalue weighted by molar-refractivity contribution is 7.89. The number of fused-ring (bicyclic) bond motifs is 2. The van der Waals surface area contributed by atoms with Gasteiger partial charge in [0, 0.05) is 30.7 Å². The molecule has 8 nitrogen and oxygen atoms in total. The van der Waals surface area contributed by atoms with Crippen LogP contribution >= 0.6 is 0 Å². The lowest BCUT2D eigenvalue weighted by Gasteiger charge is -2.43. The van der Waals surface area contributed by atoms with Gasteiger partial charge in [-0.3, -0.25) is 4.98 Å². The molecule has 2 fully saturated rings. The van der Waals surface area contributed by atoms with Crippen molar-refractivity contribution in [1.29, 1.82) is 0 Å². The number of anilines is 1. The van der Waals surface area contributed by atoms with Crippen molar-refractivity contribution >= 4 is 21.8 Å². The molecule has 0 spiro atoms. The highest BCUT2D eigenvalue weighted by atomic mass is 32.2. The number of carbonyl (C=O) groups is 1. The largest absolute Gasteiger partial charge is 0.449 e. The third-order valence-corrected chi connectivity index (χ3v) is 7.63. The van der Waals surface area contributed by atoms with Crippen LogP contribution in [-0.4, -0.2) is 66.2 Å². The molecule has 1 aromatic rings. The number of aromatic nitrogens is 1. The number of nitrogens with two attached hydrogens (primary N) is 1. The van der Waals surface area contributed by atoms with E-state index in [1.54, 1.807) is 4.90 Å². The van der Waals surface area contributed by atoms with Crippen LogP contribution in [0.1, 0.15) is 44.6 Å². The molecule has 0 saturated carbocycles. The number of nitrogens with zero attached hydrogens (tertiary/aromatic N) is 3. The van der Waals surface area contributed by atoms with Gasteiger partial charge in [-0.25, -0.2) is 17.6 Å². The summed E-state index contributed by atoms with van der Waals surface area (Å²) in [5.41, 5.74) is 6.41. The minimum Gasteiger partial charge on any atom is -0.449 e. The zero-order valence-corrected chi connectivity index (χ0v) is 17.5. The topological polar surface area (TPSA) is 106 Å². The zero-order chi connectivity index (χ0) is 21.0. The smallest absolute Gasteiger partial charge is 0.410 e. The number of halogens is 1. The molecule has 1 amide bonds. The van der Waals surface area contributed by atoms with Crippen molar-refractivity contribution in [1.82, 2.24) is 14.2 Å². The molecule has 2 saturated heterocycles. The van der Waals surface area contributed by atoms with Gasteiger partial charge in [-0.1, -0.05) is 13.3 Å². The van der Waals surface area contributed by atoms with Crippen LogP contribution in [0.3, 0.4) is 0 Å². The normalized spacial score (nSPS) is 26.0. The van der Waals surface area contributed by atoms with Crippen molar-refractivity contribution in [2.45, 2.75) is 57.5 Å². The number of hydrogen-bond donors (Lipinski definition) is 1. The number of rotatable bonds is 6. The Morgan fingerprint density at radius 1 is 1.38 bits per heavy atom. The lowest BCUT2D eigenvalue weighted by atomic mass is 9.99. The van der Waals surface area contributed by atoms with Gasteiger partial charge in [0.05, 0.1) is 30.4 Å². The average Bonchev–Trinajstić information content (AvgIpc) is 2.80. The summed E-state index contributed by atoms with van der Waals surface area (Å²) in [6.07, 6.45) is 5.53. The number of piperazine rings is 1. The van der Waals surface area contributed by atoms with E-state index in [1.807, 2.05) is 6.92 Å². The summed E-state index contributed by atoms with van der Waals surface area (Å²) in [5, 5.41) is 0. The van der Waals surface area contributed by atoms with Crippen LogP contribution in [0, 0.1) is 5.82 Å². The molecule has 162 valence electrons. The maximum Gasteiger partial charge on any atom is 0.410 e. The fraction of sp³-hybridized carbons (Fsp3) is 0.684. The van der Waals surface area contributed by atoms with Crippen molar-refractivity contribution in [3.8, 4) is 0 Å². The zero-order valence-electron chi connectivity index (χ0n) is 16.7. The van der Waals surface area contributed by atoms with Crippen molar-refractivity contribution < 1.29 is 22.3 Å². The Morgan fingerprint density at radius 2 is 2.17 bits per heavy atom. The Hall–Kier alpha value is -1.94. The molecule has 0 aliphatic carbocycles. The van der Waals surface area contributed by atoms with Gasteiger partial charge in [0.1, 0.15) is 5.82 Å². The third kappa shape index (κ3) is 4.98. The van der Waals surface area contributed by atoms with Gasteiger partial charge in [-0.15, -0.1) is 0 Å². The first-order chi connectivity index (χ1) is 13.8. The fourth-order valence-electron chi connectivity index (χ4n) is 4.03. The maximum atomic E-state index is 14.1. The molecule has 0 radical (unpaired) electrons. The SMILES string of the molecule is CCCCOC(=O)N1CC(CCc2c(N)cncc2F)N2CC1CCCS2(=O)=O. The Bertz CT molecular complexity index is 815. The highest BCUT2D eigenvalue weighted by Gasteiger charge is 2.43. The molecule has 3 atom stereocenters. The summed E-state index contributed by atoms with van der Waals surface area (Å²) in [6.45, 7) is 2.86. The van der Waals surface area contributed by atoms with E-state index in [4.69, 9.17) is 10.5 Å². The number of unbranched alkanes of at least 4 members (excludes halogenated alkanes) is 1.